The van der Waals surface area contributed by atoms with Crippen LogP contribution in [0.2, 0.25) is 0 Å². The van der Waals surface area contributed by atoms with E-state index in [1.807, 2.05) is 24.3 Å². The van der Waals surface area contributed by atoms with Crippen LogP contribution in [0.25, 0.3) is 0 Å². The van der Waals surface area contributed by atoms with Gasteiger partial charge < -0.3 is 10.1 Å². The summed E-state index contributed by atoms with van der Waals surface area (Å²) in [7, 11) is 1.60. The summed E-state index contributed by atoms with van der Waals surface area (Å²) < 4.78 is 5.34. The predicted molar refractivity (Wildman–Crippen MR) is 106 cm³/mol. The Morgan fingerprint density at radius 2 is 1.73 bits per heavy atom. The molecule has 3 heteroatoms. The molecule has 0 radical (unpaired) electrons. The van der Waals surface area contributed by atoms with E-state index < -0.39 is 0 Å². The standard InChI is InChI=1S/C23H29NO2/c1-3-18-13-15-23(16-14-18,19-9-5-4-6-10-19)17-24-22(25)20-11-7-8-12-21(20)26-2/h4-12,18H,3,13-17H2,1-2H3,(H,24,25). The SMILES string of the molecule is CCC1CCC(CNC(=O)c2ccccc2OC)(c2ccccc2)CC1. The van der Waals surface area contributed by atoms with E-state index in [1.165, 1.54) is 24.8 Å². The monoisotopic (exact) mass is 351 g/mol. The minimum Gasteiger partial charge on any atom is -0.496 e. The highest BCUT2D eigenvalue weighted by Gasteiger charge is 2.36. The summed E-state index contributed by atoms with van der Waals surface area (Å²) in [6.45, 7) is 2.95. The smallest absolute Gasteiger partial charge is 0.255 e. The van der Waals surface area contributed by atoms with E-state index in [-0.39, 0.29) is 11.3 Å². The van der Waals surface area contributed by atoms with Gasteiger partial charge in [0.05, 0.1) is 12.7 Å². The Labute approximate surface area is 156 Å². The van der Waals surface area contributed by atoms with Crippen molar-refractivity contribution in [1.82, 2.24) is 5.32 Å². The van der Waals surface area contributed by atoms with Gasteiger partial charge in [-0.2, -0.15) is 0 Å². The Morgan fingerprint density at radius 1 is 1.08 bits per heavy atom. The van der Waals surface area contributed by atoms with Crippen molar-refractivity contribution in [1.29, 1.82) is 0 Å². The Morgan fingerprint density at radius 3 is 2.38 bits per heavy atom. The fourth-order valence-corrected chi connectivity index (χ4v) is 4.17. The summed E-state index contributed by atoms with van der Waals surface area (Å²) in [5.41, 5.74) is 1.97. The van der Waals surface area contributed by atoms with Crippen molar-refractivity contribution in [2.75, 3.05) is 13.7 Å². The average molecular weight is 351 g/mol. The largest absolute Gasteiger partial charge is 0.496 e. The molecule has 0 saturated heterocycles. The fraction of sp³-hybridized carbons (Fsp3) is 0.435. The number of amides is 1. The van der Waals surface area contributed by atoms with Gasteiger partial charge in [0.25, 0.3) is 5.91 Å². The molecular weight excluding hydrogens is 322 g/mol. The highest BCUT2D eigenvalue weighted by Crippen LogP contribution is 2.42. The second kappa shape index (κ2) is 8.39. The molecule has 1 saturated carbocycles. The van der Waals surface area contributed by atoms with E-state index in [9.17, 15) is 4.79 Å². The Hall–Kier alpha value is -2.29. The minimum atomic E-state index is -0.0598. The van der Waals surface area contributed by atoms with Crippen molar-refractivity contribution in [3.05, 3.63) is 65.7 Å². The fourth-order valence-electron chi connectivity index (χ4n) is 4.17. The van der Waals surface area contributed by atoms with Gasteiger partial charge in [0.15, 0.2) is 0 Å². The van der Waals surface area contributed by atoms with Crippen molar-refractivity contribution in [2.45, 2.75) is 44.4 Å². The van der Waals surface area contributed by atoms with Crippen LogP contribution in [-0.2, 0) is 5.41 Å². The highest BCUT2D eigenvalue weighted by atomic mass is 16.5. The Kier molecular flexibility index (Phi) is 5.97. The Bertz CT molecular complexity index is 718. The first-order valence-corrected chi connectivity index (χ1v) is 9.65. The third-order valence-electron chi connectivity index (χ3n) is 5.96. The third-order valence-corrected chi connectivity index (χ3v) is 5.96. The maximum absolute atomic E-state index is 12.8. The average Bonchev–Trinajstić information content (AvgIpc) is 2.73. The number of methoxy groups -OCH3 is 1. The number of hydrogen-bond acceptors (Lipinski definition) is 2. The highest BCUT2D eigenvalue weighted by molar-refractivity contribution is 5.96. The van der Waals surface area contributed by atoms with Crippen molar-refractivity contribution in [3.63, 3.8) is 0 Å². The number of nitrogens with one attached hydrogen (secondary N) is 1. The number of rotatable bonds is 6. The zero-order chi connectivity index (χ0) is 18.4. The molecule has 138 valence electrons. The molecule has 2 aromatic carbocycles. The van der Waals surface area contributed by atoms with Gasteiger partial charge in [0, 0.05) is 12.0 Å². The molecular formula is C23H29NO2. The van der Waals surface area contributed by atoms with Crippen LogP contribution < -0.4 is 10.1 Å². The molecule has 26 heavy (non-hydrogen) atoms. The van der Waals surface area contributed by atoms with Crippen molar-refractivity contribution >= 4 is 5.91 Å². The summed E-state index contributed by atoms with van der Waals surface area (Å²) in [5, 5.41) is 3.20. The zero-order valence-corrected chi connectivity index (χ0v) is 15.8. The van der Waals surface area contributed by atoms with E-state index in [4.69, 9.17) is 4.74 Å². The zero-order valence-electron chi connectivity index (χ0n) is 15.8. The van der Waals surface area contributed by atoms with Crippen LogP contribution in [0.5, 0.6) is 5.75 Å². The molecule has 1 N–H and O–H groups in total. The maximum atomic E-state index is 12.8. The second-order valence-electron chi connectivity index (χ2n) is 7.38. The van der Waals surface area contributed by atoms with Crippen LogP contribution in [0.15, 0.2) is 54.6 Å². The summed E-state index contributed by atoms with van der Waals surface area (Å²) >= 11 is 0. The van der Waals surface area contributed by atoms with Gasteiger partial charge in [0.1, 0.15) is 5.75 Å². The van der Waals surface area contributed by atoms with E-state index in [0.717, 1.165) is 18.8 Å². The number of ether oxygens (including phenoxy) is 1. The molecule has 0 bridgehead atoms. The molecule has 0 heterocycles. The third kappa shape index (κ3) is 3.92. The molecule has 2 aromatic rings. The summed E-state index contributed by atoms with van der Waals surface area (Å²) in [4.78, 5) is 12.8. The number of para-hydroxylation sites is 1. The van der Waals surface area contributed by atoms with E-state index in [1.54, 1.807) is 7.11 Å². The summed E-state index contributed by atoms with van der Waals surface area (Å²) in [6.07, 6.45) is 5.97. The molecule has 1 aliphatic carbocycles. The molecule has 1 amide bonds. The lowest BCUT2D eigenvalue weighted by Gasteiger charge is -2.41. The van der Waals surface area contributed by atoms with Crippen molar-refractivity contribution in [3.8, 4) is 5.75 Å². The molecule has 1 aliphatic rings. The molecule has 3 rings (SSSR count). The van der Waals surface area contributed by atoms with Crippen LogP contribution >= 0.6 is 0 Å². The lowest BCUT2D eigenvalue weighted by molar-refractivity contribution is 0.0929. The molecule has 1 fully saturated rings. The number of carbonyl (C=O) groups excluding carboxylic acids is 1. The number of hydrogen-bond donors (Lipinski definition) is 1. The van der Waals surface area contributed by atoms with Crippen LogP contribution in [0.1, 0.15) is 54.9 Å². The van der Waals surface area contributed by atoms with E-state index >= 15 is 0 Å². The first-order valence-electron chi connectivity index (χ1n) is 9.65. The van der Waals surface area contributed by atoms with Crippen LogP contribution in [-0.4, -0.2) is 19.6 Å². The predicted octanol–water partition coefficient (Wildman–Crippen LogP) is 4.96. The minimum absolute atomic E-state index is 0.0323. The molecule has 0 spiro atoms. The first-order chi connectivity index (χ1) is 12.7. The maximum Gasteiger partial charge on any atom is 0.255 e. The summed E-state index contributed by atoms with van der Waals surface area (Å²) in [5.74, 6) is 1.38. The molecule has 0 unspecified atom stereocenters. The van der Waals surface area contributed by atoms with Crippen LogP contribution in [0.3, 0.4) is 0 Å². The van der Waals surface area contributed by atoms with Gasteiger partial charge >= 0.3 is 0 Å². The lowest BCUT2D eigenvalue weighted by Crippen LogP contribution is -2.43. The lowest BCUT2D eigenvalue weighted by atomic mass is 9.66. The van der Waals surface area contributed by atoms with Gasteiger partial charge in [-0.3, -0.25) is 4.79 Å². The van der Waals surface area contributed by atoms with Crippen molar-refractivity contribution < 1.29 is 9.53 Å². The molecule has 3 nitrogen and oxygen atoms in total. The van der Waals surface area contributed by atoms with E-state index in [2.05, 4.69) is 42.6 Å². The number of carbonyl (C=O) groups is 1. The quantitative estimate of drug-likeness (QED) is 0.798. The molecule has 0 aromatic heterocycles. The van der Waals surface area contributed by atoms with Gasteiger partial charge in [-0.1, -0.05) is 55.8 Å². The van der Waals surface area contributed by atoms with Crippen LogP contribution in [0, 0.1) is 5.92 Å². The van der Waals surface area contributed by atoms with Crippen molar-refractivity contribution in [2.24, 2.45) is 5.92 Å². The second-order valence-corrected chi connectivity index (χ2v) is 7.38. The summed E-state index contributed by atoms with van der Waals surface area (Å²) in [6, 6.07) is 18.1. The van der Waals surface area contributed by atoms with Gasteiger partial charge in [-0.15, -0.1) is 0 Å². The van der Waals surface area contributed by atoms with Gasteiger partial charge in [-0.25, -0.2) is 0 Å². The molecule has 0 aliphatic heterocycles. The molecule has 0 atom stereocenters. The first kappa shape index (κ1) is 18.5. The van der Waals surface area contributed by atoms with E-state index in [0.29, 0.717) is 17.9 Å². The van der Waals surface area contributed by atoms with Gasteiger partial charge in [0.2, 0.25) is 0 Å². The van der Waals surface area contributed by atoms with Crippen LogP contribution in [0.4, 0.5) is 0 Å². The van der Waals surface area contributed by atoms with Gasteiger partial charge in [-0.05, 0) is 49.3 Å². The Balaban J connectivity index is 1.78. The number of benzene rings is 2. The normalized spacial score (nSPS) is 22.6. The topological polar surface area (TPSA) is 38.3 Å².